The van der Waals surface area contributed by atoms with Gasteiger partial charge >= 0.3 is 0 Å². The van der Waals surface area contributed by atoms with E-state index in [2.05, 4.69) is 6.92 Å². The van der Waals surface area contributed by atoms with Crippen molar-refractivity contribution in [2.45, 2.75) is 45.4 Å². The van der Waals surface area contributed by atoms with Gasteiger partial charge in [0.05, 0.1) is 0 Å². The van der Waals surface area contributed by atoms with Crippen LogP contribution in [0.25, 0.3) is 0 Å². The van der Waals surface area contributed by atoms with E-state index >= 15 is 0 Å². The highest BCUT2D eigenvalue weighted by Crippen LogP contribution is 2.21. The van der Waals surface area contributed by atoms with Gasteiger partial charge in [-0.05, 0) is 24.8 Å². The first-order chi connectivity index (χ1) is 5.83. The van der Waals surface area contributed by atoms with E-state index in [9.17, 15) is 4.79 Å². The van der Waals surface area contributed by atoms with Crippen LogP contribution < -0.4 is 0 Å². The van der Waals surface area contributed by atoms with Crippen molar-refractivity contribution in [3.05, 3.63) is 12.2 Å². The third-order valence-corrected chi connectivity index (χ3v) is 2.48. The Bertz CT molecular complexity index is 170. The molecule has 1 rings (SSSR count). The lowest BCUT2D eigenvalue weighted by Crippen LogP contribution is -2.10. The van der Waals surface area contributed by atoms with Crippen LogP contribution in [0.15, 0.2) is 12.2 Å². The number of rotatable bonds is 4. The first-order valence-corrected chi connectivity index (χ1v) is 5.02. The normalized spacial score (nSPS) is 23.1. The first kappa shape index (κ1) is 9.50. The molecule has 1 heteroatoms. The van der Waals surface area contributed by atoms with E-state index in [4.69, 9.17) is 0 Å². The molecule has 0 saturated heterocycles. The Morgan fingerprint density at radius 1 is 1.50 bits per heavy atom. The minimum atomic E-state index is 0.322. The molecule has 1 nitrogen and oxygen atoms in total. The topological polar surface area (TPSA) is 17.1 Å². The van der Waals surface area contributed by atoms with Crippen LogP contribution in [0, 0.1) is 5.92 Å². The van der Waals surface area contributed by atoms with E-state index in [0.717, 1.165) is 12.8 Å². The Kier molecular flexibility index (Phi) is 4.06. The highest BCUT2D eigenvalue weighted by atomic mass is 16.1. The van der Waals surface area contributed by atoms with Crippen molar-refractivity contribution < 1.29 is 4.79 Å². The van der Waals surface area contributed by atoms with Gasteiger partial charge in [0.15, 0.2) is 5.78 Å². The van der Waals surface area contributed by atoms with Crippen molar-refractivity contribution >= 4 is 5.78 Å². The molecule has 0 aromatic heterocycles. The fourth-order valence-corrected chi connectivity index (χ4v) is 1.73. The molecular formula is C11H18O. The number of hydrogen-bond acceptors (Lipinski definition) is 1. The fourth-order valence-electron chi connectivity index (χ4n) is 1.73. The standard InChI is InChI=1S/C11H18O/c1-2-3-4-6-10-7-5-8-11(12)9-10/h5,8,10H,2-4,6-7,9H2,1H3/t10-/m1/s1. The molecule has 0 fully saturated rings. The Hall–Kier alpha value is -0.590. The van der Waals surface area contributed by atoms with Gasteiger partial charge in [-0.3, -0.25) is 4.79 Å². The smallest absolute Gasteiger partial charge is 0.155 e. The van der Waals surface area contributed by atoms with E-state index in [1.165, 1.54) is 25.7 Å². The largest absolute Gasteiger partial charge is 0.295 e. The van der Waals surface area contributed by atoms with Crippen molar-refractivity contribution in [3.8, 4) is 0 Å². The summed E-state index contributed by atoms with van der Waals surface area (Å²) in [5.41, 5.74) is 0. The molecule has 1 atom stereocenters. The van der Waals surface area contributed by atoms with Crippen molar-refractivity contribution in [2.24, 2.45) is 5.92 Å². The summed E-state index contributed by atoms with van der Waals surface area (Å²) >= 11 is 0. The van der Waals surface area contributed by atoms with Gasteiger partial charge in [-0.15, -0.1) is 0 Å². The zero-order valence-electron chi connectivity index (χ0n) is 7.88. The van der Waals surface area contributed by atoms with E-state index in [1.807, 2.05) is 6.08 Å². The summed E-state index contributed by atoms with van der Waals surface area (Å²) in [4.78, 5) is 11.0. The summed E-state index contributed by atoms with van der Waals surface area (Å²) in [5.74, 6) is 0.969. The van der Waals surface area contributed by atoms with Gasteiger partial charge in [0.1, 0.15) is 0 Å². The molecule has 0 aromatic rings. The monoisotopic (exact) mass is 166 g/mol. The molecule has 12 heavy (non-hydrogen) atoms. The van der Waals surface area contributed by atoms with Crippen LogP contribution >= 0.6 is 0 Å². The van der Waals surface area contributed by atoms with Crippen LogP contribution in [-0.4, -0.2) is 5.78 Å². The summed E-state index contributed by atoms with van der Waals surface area (Å²) in [7, 11) is 0. The van der Waals surface area contributed by atoms with E-state index in [0.29, 0.717) is 11.7 Å². The van der Waals surface area contributed by atoms with Gasteiger partial charge in [-0.2, -0.15) is 0 Å². The summed E-state index contributed by atoms with van der Waals surface area (Å²) in [6, 6.07) is 0. The molecule has 0 amide bonds. The van der Waals surface area contributed by atoms with Gasteiger partial charge in [-0.25, -0.2) is 0 Å². The second kappa shape index (κ2) is 5.13. The number of ketones is 1. The van der Waals surface area contributed by atoms with Gasteiger partial charge in [0.25, 0.3) is 0 Å². The maximum absolute atomic E-state index is 11.0. The molecule has 0 aliphatic heterocycles. The number of carbonyl (C=O) groups excluding carboxylic acids is 1. The minimum absolute atomic E-state index is 0.322. The predicted molar refractivity (Wildman–Crippen MR) is 51.0 cm³/mol. The minimum Gasteiger partial charge on any atom is -0.295 e. The van der Waals surface area contributed by atoms with Crippen LogP contribution in [0.2, 0.25) is 0 Å². The highest BCUT2D eigenvalue weighted by Gasteiger charge is 2.14. The molecule has 0 unspecified atom stereocenters. The zero-order valence-corrected chi connectivity index (χ0v) is 7.88. The predicted octanol–water partition coefficient (Wildman–Crippen LogP) is 3.10. The van der Waals surface area contributed by atoms with Crippen LogP contribution in [0.4, 0.5) is 0 Å². The van der Waals surface area contributed by atoms with Crippen molar-refractivity contribution in [3.63, 3.8) is 0 Å². The van der Waals surface area contributed by atoms with Crippen LogP contribution in [0.3, 0.4) is 0 Å². The first-order valence-electron chi connectivity index (χ1n) is 5.02. The van der Waals surface area contributed by atoms with E-state index in [1.54, 1.807) is 6.08 Å². The van der Waals surface area contributed by atoms with E-state index < -0.39 is 0 Å². The van der Waals surface area contributed by atoms with Gasteiger partial charge in [0, 0.05) is 6.42 Å². The van der Waals surface area contributed by atoms with Crippen molar-refractivity contribution in [1.82, 2.24) is 0 Å². The van der Waals surface area contributed by atoms with Crippen LogP contribution in [-0.2, 0) is 4.79 Å². The molecule has 0 N–H and O–H groups in total. The average molecular weight is 166 g/mol. The van der Waals surface area contributed by atoms with Crippen LogP contribution in [0.1, 0.15) is 45.4 Å². The number of unbranched alkanes of at least 4 members (excludes halogenated alkanes) is 2. The van der Waals surface area contributed by atoms with Crippen molar-refractivity contribution in [2.75, 3.05) is 0 Å². The summed E-state index contributed by atoms with van der Waals surface area (Å²) in [5, 5.41) is 0. The zero-order chi connectivity index (χ0) is 8.81. The molecule has 0 saturated carbocycles. The van der Waals surface area contributed by atoms with Crippen LogP contribution in [0.5, 0.6) is 0 Å². The molecule has 68 valence electrons. The molecule has 0 aromatic carbocycles. The molecule has 0 heterocycles. The summed E-state index contributed by atoms with van der Waals surface area (Å²) in [6.45, 7) is 2.21. The maximum atomic E-state index is 11.0. The number of allylic oxidation sites excluding steroid dienone is 2. The number of carbonyl (C=O) groups is 1. The van der Waals surface area contributed by atoms with Gasteiger partial charge in [0.2, 0.25) is 0 Å². The lowest BCUT2D eigenvalue weighted by atomic mass is 9.89. The molecule has 0 bridgehead atoms. The lowest BCUT2D eigenvalue weighted by Gasteiger charge is -2.15. The third kappa shape index (κ3) is 3.21. The average Bonchev–Trinajstić information content (AvgIpc) is 2.05. The Labute approximate surface area is 74.9 Å². The van der Waals surface area contributed by atoms with Crippen molar-refractivity contribution in [1.29, 1.82) is 0 Å². The molecular weight excluding hydrogens is 148 g/mol. The third-order valence-electron chi connectivity index (χ3n) is 2.48. The number of hydrogen-bond donors (Lipinski definition) is 0. The Balaban J connectivity index is 2.16. The summed E-state index contributed by atoms with van der Waals surface area (Å²) in [6.07, 6.45) is 10.8. The van der Waals surface area contributed by atoms with Gasteiger partial charge < -0.3 is 0 Å². The highest BCUT2D eigenvalue weighted by molar-refractivity contribution is 5.90. The quantitative estimate of drug-likeness (QED) is 0.586. The second-order valence-corrected chi connectivity index (χ2v) is 3.67. The molecule has 0 radical (unpaired) electrons. The van der Waals surface area contributed by atoms with Gasteiger partial charge in [-0.1, -0.05) is 32.3 Å². The Morgan fingerprint density at radius 3 is 3.00 bits per heavy atom. The Morgan fingerprint density at radius 2 is 2.33 bits per heavy atom. The SMILES string of the molecule is CCCCC[C@@H]1CC=CC(=O)C1. The van der Waals surface area contributed by atoms with E-state index in [-0.39, 0.29) is 0 Å². The fraction of sp³-hybridized carbons (Fsp3) is 0.727. The molecule has 0 spiro atoms. The second-order valence-electron chi connectivity index (χ2n) is 3.67. The molecule has 1 aliphatic rings. The maximum Gasteiger partial charge on any atom is 0.155 e. The lowest BCUT2D eigenvalue weighted by molar-refractivity contribution is -0.115. The summed E-state index contributed by atoms with van der Waals surface area (Å²) < 4.78 is 0. The molecule has 1 aliphatic carbocycles.